The van der Waals surface area contributed by atoms with E-state index in [1.807, 2.05) is 0 Å². The van der Waals surface area contributed by atoms with E-state index in [1.165, 1.54) is 12.1 Å². The van der Waals surface area contributed by atoms with Gasteiger partial charge in [-0.05, 0) is 31.0 Å². The van der Waals surface area contributed by atoms with Crippen LogP contribution >= 0.6 is 0 Å². The van der Waals surface area contributed by atoms with Crippen molar-refractivity contribution in [3.8, 4) is 0 Å². The van der Waals surface area contributed by atoms with Gasteiger partial charge in [0.2, 0.25) is 11.8 Å². The molecule has 0 unspecified atom stereocenters. The van der Waals surface area contributed by atoms with Crippen LogP contribution in [0, 0.1) is 0 Å². The second kappa shape index (κ2) is 8.09. The normalized spacial score (nSPS) is 19.7. The van der Waals surface area contributed by atoms with Crippen molar-refractivity contribution in [1.82, 2.24) is 5.32 Å². The number of anilines is 1. The summed E-state index contributed by atoms with van der Waals surface area (Å²) in [7, 11) is 0. The summed E-state index contributed by atoms with van der Waals surface area (Å²) in [5, 5.41) is 2.66. The molecular weight excluding hydrogens is 340 g/mol. The van der Waals surface area contributed by atoms with Crippen LogP contribution in [0.1, 0.15) is 36.0 Å². The fourth-order valence-electron chi connectivity index (χ4n) is 2.93. The number of hydrogen-bond acceptors (Lipinski definition) is 6. The molecule has 0 spiro atoms. The van der Waals surface area contributed by atoms with Crippen molar-refractivity contribution in [2.75, 3.05) is 24.7 Å². The van der Waals surface area contributed by atoms with Crippen LogP contribution in [-0.4, -0.2) is 49.6 Å². The maximum absolute atomic E-state index is 12.1. The summed E-state index contributed by atoms with van der Waals surface area (Å²) >= 11 is 0. The molecule has 0 radical (unpaired) electrons. The van der Waals surface area contributed by atoms with Crippen LogP contribution in [0.25, 0.3) is 0 Å². The Balaban J connectivity index is 1.53. The van der Waals surface area contributed by atoms with E-state index in [2.05, 4.69) is 5.32 Å². The number of nitrogens with one attached hydrogen (secondary N) is 1. The Bertz CT molecular complexity index is 710. The van der Waals surface area contributed by atoms with Gasteiger partial charge in [-0.25, -0.2) is 4.79 Å². The van der Waals surface area contributed by atoms with Gasteiger partial charge < -0.3 is 14.8 Å². The third kappa shape index (κ3) is 4.26. The summed E-state index contributed by atoms with van der Waals surface area (Å²) in [5.74, 6) is -1.70. The molecule has 2 saturated heterocycles. The molecule has 2 fully saturated rings. The smallest absolute Gasteiger partial charge is 0.338 e. The van der Waals surface area contributed by atoms with E-state index < -0.39 is 18.5 Å². The highest BCUT2D eigenvalue weighted by molar-refractivity contribution is 6.20. The molecule has 8 heteroatoms. The molecule has 2 aliphatic rings. The van der Waals surface area contributed by atoms with Crippen molar-refractivity contribution in [3.05, 3.63) is 29.8 Å². The lowest BCUT2D eigenvalue weighted by atomic mass is 10.2. The summed E-state index contributed by atoms with van der Waals surface area (Å²) < 4.78 is 10.4. The summed E-state index contributed by atoms with van der Waals surface area (Å²) in [6, 6.07) is 6.05. The van der Waals surface area contributed by atoms with Crippen LogP contribution in [0.2, 0.25) is 0 Å². The van der Waals surface area contributed by atoms with Gasteiger partial charge >= 0.3 is 5.97 Å². The minimum absolute atomic E-state index is 0.0156. The van der Waals surface area contributed by atoms with Crippen LogP contribution in [0.3, 0.4) is 0 Å². The van der Waals surface area contributed by atoms with Crippen LogP contribution in [0.4, 0.5) is 5.69 Å². The number of esters is 1. The monoisotopic (exact) mass is 360 g/mol. The van der Waals surface area contributed by atoms with E-state index in [0.29, 0.717) is 18.8 Å². The molecule has 1 aromatic carbocycles. The number of ether oxygens (including phenoxy) is 2. The Morgan fingerprint density at radius 2 is 2.00 bits per heavy atom. The Kier molecular flexibility index (Phi) is 5.62. The third-order valence-electron chi connectivity index (χ3n) is 4.28. The molecule has 0 bridgehead atoms. The fraction of sp³-hybridized carbons (Fsp3) is 0.444. The molecule has 2 aliphatic heterocycles. The lowest BCUT2D eigenvalue weighted by Gasteiger charge is -2.14. The van der Waals surface area contributed by atoms with Gasteiger partial charge in [-0.1, -0.05) is 6.07 Å². The van der Waals surface area contributed by atoms with E-state index in [1.54, 1.807) is 12.1 Å². The highest BCUT2D eigenvalue weighted by Crippen LogP contribution is 2.23. The molecular formula is C18H20N2O6. The lowest BCUT2D eigenvalue weighted by Crippen LogP contribution is -2.34. The first-order chi connectivity index (χ1) is 12.5. The van der Waals surface area contributed by atoms with Gasteiger partial charge in [0.05, 0.1) is 17.4 Å². The van der Waals surface area contributed by atoms with Crippen LogP contribution in [0.15, 0.2) is 24.3 Å². The van der Waals surface area contributed by atoms with Crippen LogP contribution < -0.4 is 10.2 Å². The number of carbonyl (C=O) groups excluding carboxylic acids is 4. The lowest BCUT2D eigenvalue weighted by molar-refractivity contribution is -0.124. The van der Waals surface area contributed by atoms with Gasteiger partial charge in [-0.2, -0.15) is 0 Å². The Morgan fingerprint density at radius 1 is 1.23 bits per heavy atom. The summed E-state index contributed by atoms with van der Waals surface area (Å²) in [5.41, 5.74) is 0.497. The van der Waals surface area contributed by atoms with E-state index in [0.717, 1.165) is 17.7 Å². The Morgan fingerprint density at radius 3 is 2.69 bits per heavy atom. The molecule has 1 atom stereocenters. The van der Waals surface area contributed by atoms with Crippen LogP contribution in [0.5, 0.6) is 0 Å². The van der Waals surface area contributed by atoms with Crippen molar-refractivity contribution in [3.63, 3.8) is 0 Å². The summed E-state index contributed by atoms with van der Waals surface area (Å²) in [6.45, 7) is 0.691. The average Bonchev–Trinajstić information content (AvgIpc) is 3.27. The molecule has 26 heavy (non-hydrogen) atoms. The SMILES string of the molecule is O=C(COC(=O)c1cccc(N2C(=O)CCC2=O)c1)NC[C@@H]1CCCO1. The third-order valence-corrected chi connectivity index (χ3v) is 4.28. The van der Waals surface area contributed by atoms with E-state index in [4.69, 9.17) is 9.47 Å². The van der Waals surface area contributed by atoms with Crippen molar-refractivity contribution in [2.24, 2.45) is 0 Å². The molecule has 0 saturated carbocycles. The largest absolute Gasteiger partial charge is 0.452 e. The first kappa shape index (κ1) is 18.1. The second-order valence-corrected chi connectivity index (χ2v) is 6.19. The predicted molar refractivity (Wildman–Crippen MR) is 90.4 cm³/mol. The molecule has 2 heterocycles. The van der Waals surface area contributed by atoms with E-state index >= 15 is 0 Å². The zero-order chi connectivity index (χ0) is 18.5. The quantitative estimate of drug-likeness (QED) is 0.594. The van der Waals surface area contributed by atoms with Crippen molar-refractivity contribution in [1.29, 1.82) is 0 Å². The number of nitrogens with zero attached hydrogens (tertiary/aromatic N) is 1. The fourth-order valence-corrected chi connectivity index (χ4v) is 2.93. The molecule has 3 amide bonds. The molecule has 1 N–H and O–H groups in total. The summed E-state index contributed by atoms with van der Waals surface area (Å²) in [6.07, 6.45) is 2.23. The van der Waals surface area contributed by atoms with Crippen molar-refractivity contribution >= 4 is 29.4 Å². The van der Waals surface area contributed by atoms with Gasteiger partial charge in [0.25, 0.3) is 5.91 Å². The number of hydrogen-bond donors (Lipinski definition) is 1. The van der Waals surface area contributed by atoms with E-state index in [9.17, 15) is 19.2 Å². The first-order valence-electron chi connectivity index (χ1n) is 8.56. The molecule has 138 valence electrons. The van der Waals surface area contributed by atoms with E-state index in [-0.39, 0.29) is 36.3 Å². The zero-order valence-corrected chi connectivity index (χ0v) is 14.2. The molecule has 1 aromatic rings. The van der Waals surface area contributed by atoms with Gasteiger partial charge in [0.15, 0.2) is 6.61 Å². The number of imide groups is 1. The highest BCUT2D eigenvalue weighted by Gasteiger charge is 2.30. The maximum atomic E-state index is 12.1. The highest BCUT2D eigenvalue weighted by atomic mass is 16.5. The van der Waals surface area contributed by atoms with Crippen molar-refractivity contribution < 1.29 is 28.7 Å². The first-order valence-corrected chi connectivity index (χ1v) is 8.56. The minimum Gasteiger partial charge on any atom is -0.452 e. The van der Waals surface area contributed by atoms with Gasteiger partial charge in [0, 0.05) is 26.0 Å². The van der Waals surface area contributed by atoms with Gasteiger partial charge in [-0.3, -0.25) is 19.3 Å². The van der Waals surface area contributed by atoms with Crippen LogP contribution in [-0.2, 0) is 23.9 Å². The van der Waals surface area contributed by atoms with Gasteiger partial charge in [-0.15, -0.1) is 0 Å². The minimum atomic E-state index is -0.696. The maximum Gasteiger partial charge on any atom is 0.338 e. The number of rotatable bonds is 6. The zero-order valence-electron chi connectivity index (χ0n) is 14.2. The molecule has 0 aromatic heterocycles. The Labute approximate surface area is 150 Å². The van der Waals surface area contributed by atoms with Gasteiger partial charge in [0.1, 0.15) is 0 Å². The molecule has 3 rings (SSSR count). The number of amides is 3. The topological polar surface area (TPSA) is 102 Å². The number of carbonyl (C=O) groups is 4. The molecule has 0 aliphatic carbocycles. The average molecular weight is 360 g/mol. The predicted octanol–water partition coefficient (Wildman–Crippen LogP) is 0.792. The molecule has 8 nitrogen and oxygen atoms in total. The standard InChI is InChI=1S/C18H20N2O6/c21-15(19-10-14-5-2-8-25-14)11-26-18(24)12-3-1-4-13(9-12)20-16(22)6-7-17(20)23/h1,3-4,9,14H,2,5-8,10-11H2,(H,19,21)/t14-/m0/s1. The Hall–Kier alpha value is -2.74. The number of benzene rings is 1. The van der Waals surface area contributed by atoms with Crippen molar-refractivity contribution in [2.45, 2.75) is 31.8 Å². The summed E-state index contributed by atoms with van der Waals surface area (Å²) in [4.78, 5) is 48.5. The second-order valence-electron chi connectivity index (χ2n) is 6.19.